The lowest BCUT2D eigenvalue weighted by atomic mass is 9.75. The van der Waals surface area contributed by atoms with Crippen LogP contribution in [0.3, 0.4) is 0 Å². The molecule has 0 bridgehead atoms. The summed E-state index contributed by atoms with van der Waals surface area (Å²) in [6.07, 6.45) is 15.4. The summed E-state index contributed by atoms with van der Waals surface area (Å²) in [5, 5.41) is 0. The van der Waals surface area contributed by atoms with Crippen molar-refractivity contribution in [2.75, 3.05) is 6.61 Å². The maximum Gasteiger partial charge on any atom is 0.266 e. The molecular weight excluding hydrogens is 366 g/mol. The highest BCUT2D eigenvalue weighted by Crippen LogP contribution is 2.40. The fourth-order valence-corrected chi connectivity index (χ4v) is 5.05. The van der Waals surface area contributed by atoms with Crippen molar-refractivity contribution in [3.05, 3.63) is 59.7 Å². The number of halogens is 2. The van der Waals surface area contributed by atoms with Crippen LogP contribution < -0.4 is 0 Å². The van der Waals surface area contributed by atoms with Gasteiger partial charge >= 0.3 is 0 Å². The van der Waals surface area contributed by atoms with Gasteiger partial charge in [-0.05, 0) is 106 Å². The molecule has 3 rings (SSSR count). The average molecular weight is 403 g/mol. The van der Waals surface area contributed by atoms with Crippen molar-refractivity contribution in [3.63, 3.8) is 0 Å². The van der Waals surface area contributed by atoms with Crippen LogP contribution in [-0.4, -0.2) is 12.7 Å². The van der Waals surface area contributed by atoms with Gasteiger partial charge in [0.2, 0.25) is 0 Å². The average Bonchev–Trinajstić information content (AvgIpc) is 2.75. The normalized spacial score (nSPS) is 27.8. The number of rotatable bonds is 8. The van der Waals surface area contributed by atoms with Gasteiger partial charge in [0.25, 0.3) is 6.08 Å². The second-order valence-corrected chi connectivity index (χ2v) is 8.85. The molecule has 1 heterocycles. The Hall–Kier alpha value is -1.48. The van der Waals surface area contributed by atoms with Crippen LogP contribution in [0.4, 0.5) is 8.78 Å². The van der Waals surface area contributed by atoms with Crippen LogP contribution >= 0.6 is 0 Å². The van der Waals surface area contributed by atoms with E-state index in [9.17, 15) is 8.78 Å². The zero-order valence-corrected chi connectivity index (χ0v) is 17.8. The number of benzene rings is 1. The molecule has 2 unspecified atom stereocenters. The van der Waals surface area contributed by atoms with Crippen molar-refractivity contribution in [1.29, 1.82) is 0 Å². The van der Waals surface area contributed by atoms with Crippen molar-refractivity contribution in [3.8, 4) is 0 Å². The summed E-state index contributed by atoms with van der Waals surface area (Å²) in [4.78, 5) is 0. The Kier molecular flexibility index (Phi) is 8.92. The summed E-state index contributed by atoms with van der Waals surface area (Å²) in [6.45, 7) is 3.04. The van der Waals surface area contributed by atoms with Gasteiger partial charge in [-0.1, -0.05) is 36.4 Å². The second kappa shape index (κ2) is 11.6. The van der Waals surface area contributed by atoms with Crippen LogP contribution in [0.2, 0.25) is 0 Å². The lowest BCUT2D eigenvalue weighted by molar-refractivity contribution is -0.0573. The van der Waals surface area contributed by atoms with Crippen molar-refractivity contribution in [2.45, 2.75) is 83.2 Å². The SMILES string of the molecule is C/C=C/CCC1CCC(C2CCC(c3ccc(CCC=C(F)F)cc3)CC2)OC1. The van der Waals surface area contributed by atoms with E-state index in [0.717, 1.165) is 30.1 Å². The zero-order valence-electron chi connectivity index (χ0n) is 17.8. The zero-order chi connectivity index (χ0) is 20.5. The Morgan fingerprint density at radius 2 is 1.76 bits per heavy atom. The molecule has 1 saturated heterocycles. The van der Waals surface area contributed by atoms with E-state index in [1.807, 2.05) is 0 Å². The van der Waals surface area contributed by atoms with E-state index in [0.29, 0.717) is 24.9 Å². The number of hydrogen-bond acceptors (Lipinski definition) is 1. The molecule has 0 amide bonds. The minimum atomic E-state index is -1.58. The van der Waals surface area contributed by atoms with Crippen LogP contribution in [-0.2, 0) is 11.2 Å². The molecule has 2 aliphatic rings. The number of allylic oxidation sites excluding steroid dienone is 3. The molecule has 2 fully saturated rings. The molecule has 1 aromatic carbocycles. The van der Waals surface area contributed by atoms with Crippen molar-refractivity contribution >= 4 is 0 Å². The molecule has 1 nitrogen and oxygen atoms in total. The first kappa shape index (κ1) is 22.2. The molecule has 2 atom stereocenters. The van der Waals surface area contributed by atoms with Gasteiger partial charge in [-0.15, -0.1) is 0 Å². The van der Waals surface area contributed by atoms with Gasteiger partial charge in [-0.25, -0.2) is 0 Å². The first-order valence-corrected chi connectivity index (χ1v) is 11.5. The van der Waals surface area contributed by atoms with Crippen LogP contribution in [0, 0.1) is 11.8 Å². The van der Waals surface area contributed by atoms with Crippen molar-refractivity contribution < 1.29 is 13.5 Å². The smallest absolute Gasteiger partial charge is 0.266 e. The Bertz CT molecular complexity index is 644. The highest BCUT2D eigenvalue weighted by Gasteiger charge is 2.31. The highest BCUT2D eigenvalue weighted by molar-refractivity contribution is 5.26. The van der Waals surface area contributed by atoms with E-state index in [4.69, 9.17) is 4.74 Å². The van der Waals surface area contributed by atoms with Gasteiger partial charge in [0.05, 0.1) is 6.10 Å². The standard InChI is InChI=1S/C26H36F2O/c1-2-3-4-6-21-11-18-25(29-19-21)24-16-14-23(15-17-24)22-12-9-20(10-13-22)7-5-8-26(27)28/h2-3,8-10,12-13,21,23-25H,4-7,11,14-19H2,1H3/b3-2+. The van der Waals surface area contributed by atoms with E-state index in [1.165, 1.54) is 56.9 Å². The molecular formula is C26H36F2O. The topological polar surface area (TPSA) is 9.23 Å². The first-order valence-electron chi connectivity index (χ1n) is 11.5. The van der Waals surface area contributed by atoms with Gasteiger partial charge in [0.15, 0.2) is 0 Å². The molecule has 1 aromatic rings. The van der Waals surface area contributed by atoms with Gasteiger partial charge in [0.1, 0.15) is 0 Å². The molecule has 3 heteroatoms. The summed E-state index contributed by atoms with van der Waals surface area (Å²) in [6, 6.07) is 8.65. The summed E-state index contributed by atoms with van der Waals surface area (Å²) < 4.78 is 30.6. The van der Waals surface area contributed by atoms with Crippen molar-refractivity contribution in [2.24, 2.45) is 11.8 Å². The second-order valence-electron chi connectivity index (χ2n) is 8.85. The molecule has 0 aromatic heterocycles. The third-order valence-electron chi connectivity index (χ3n) is 6.86. The maximum atomic E-state index is 12.1. The fourth-order valence-electron chi connectivity index (χ4n) is 5.05. The van der Waals surface area contributed by atoms with Crippen LogP contribution in [0.1, 0.15) is 81.8 Å². The Balaban J connectivity index is 1.40. The quantitative estimate of drug-likeness (QED) is 0.403. The van der Waals surface area contributed by atoms with Gasteiger partial charge < -0.3 is 4.74 Å². The molecule has 1 aliphatic heterocycles. The molecule has 0 radical (unpaired) electrons. The van der Waals surface area contributed by atoms with Gasteiger partial charge in [-0.3, -0.25) is 0 Å². The minimum absolute atomic E-state index is 0.407. The van der Waals surface area contributed by atoms with E-state index >= 15 is 0 Å². The maximum absolute atomic E-state index is 12.1. The molecule has 0 spiro atoms. The Labute approximate surface area is 175 Å². The van der Waals surface area contributed by atoms with Gasteiger partial charge in [0, 0.05) is 6.61 Å². The third-order valence-corrected chi connectivity index (χ3v) is 6.86. The lowest BCUT2D eigenvalue weighted by Gasteiger charge is -2.38. The lowest BCUT2D eigenvalue weighted by Crippen LogP contribution is -2.34. The van der Waals surface area contributed by atoms with E-state index < -0.39 is 6.08 Å². The van der Waals surface area contributed by atoms with Crippen molar-refractivity contribution in [1.82, 2.24) is 0 Å². The molecule has 1 saturated carbocycles. The highest BCUT2D eigenvalue weighted by atomic mass is 19.3. The molecule has 160 valence electrons. The summed E-state index contributed by atoms with van der Waals surface area (Å²) in [5.41, 5.74) is 2.55. The number of aryl methyl sites for hydroxylation is 1. The minimum Gasteiger partial charge on any atom is -0.378 e. The molecule has 0 N–H and O–H groups in total. The number of ether oxygens (including phenoxy) is 1. The van der Waals surface area contributed by atoms with Crippen LogP contribution in [0.15, 0.2) is 48.6 Å². The molecule has 29 heavy (non-hydrogen) atoms. The third kappa shape index (κ3) is 7.06. The van der Waals surface area contributed by atoms with Crippen LogP contribution in [0.25, 0.3) is 0 Å². The van der Waals surface area contributed by atoms with Gasteiger partial charge in [-0.2, -0.15) is 8.78 Å². The predicted molar refractivity (Wildman–Crippen MR) is 116 cm³/mol. The summed E-state index contributed by atoms with van der Waals surface area (Å²) >= 11 is 0. The number of hydrogen-bond donors (Lipinski definition) is 0. The largest absolute Gasteiger partial charge is 0.378 e. The Morgan fingerprint density at radius 1 is 1.00 bits per heavy atom. The first-order chi connectivity index (χ1) is 14.2. The van der Waals surface area contributed by atoms with E-state index in [-0.39, 0.29) is 0 Å². The monoisotopic (exact) mass is 402 g/mol. The van der Waals surface area contributed by atoms with Crippen LogP contribution in [0.5, 0.6) is 0 Å². The predicted octanol–water partition coefficient (Wildman–Crippen LogP) is 7.82. The Morgan fingerprint density at radius 3 is 2.38 bits per heavy atom. The van der Waals surface area contributed by atoms with E-state index in [1.54, 1.807) is 0 Å². The van der Waals surface area contributed by atoms with E-state index in [2.05, 4.69) is 43.3 Å². The fraction of sp³-hybridized carbons (Fsp3) is 0.615. The summed E-state index contributed by atoms with van der Waals surface area (Å²) in [5.74, 6) is 2.11. The summed E-state index contributed by atoms with van der Waals surface area (Å²) in [7, 11) is 0. The molecule has 1 aliphatic carbocycles.